The number of aromatic nitrogens is 2. The second-order valence-electron chi connectivity index (χ2n) is 10.8. The maximum Gasteiger partial charge on any atom is 0.410 e. The Hall–Kier alpha value is -3.94. The van der Waals surface area contributed by atoms with Crippen molar-refractivity contribution >= 4 is 22.8 Å². The molecule has 0 spiro atoms. The molecule has 3 heterocycles. The quantitative estimate of drug-likeness (QED) is 0.292. The summed E-state index contributed by atoms with van der Waals surface area (Å²) in [5.74, 6) is -0.536. The molecule has 38 heavy (non-hydrogen) atoms. The minimum Gasteiger partial charge on any atom is -0.444 e. The molecule has 1 fully saturated rings. The number of fused-ring (bicyclic) bond motifs is 1. The molecule has 1 amide bonds. The van der Waals surface area contributed by atoms with E-state index in [1.807, 2.05) is 39.0 Å². The van der Waals surface area contributed by atoms with Crippen LogP contribution >= 0.6 is 0 Å². The van der Waals surface area contributed by atoms with Crippen molar-refractivity contribution in [2.75, 3.05) is 18.4 Å². The van der Waals surface area contributed by atoms with Crippen molar-refractivity contribution in [3.63, 3.8) is 0 Å². The molecule has 1 unspecified atom stereocenters. The van der Waals surface area contributed by atoms with Crippen LogP contribution in [0.1, 0.15) is 50.8 Å². The number of benzene rings is 2. The lowest BCUT2D eigenvalue weighted by atomic mass is 9.94. The molecule has 6 nitrogen and oxygen atoms in total. The van der Waals surface area contributed by atoms with Crippen LogP contribution in [-0.4, -0.2) is 39.7 Å². The first kappa shape index (κ1) is 25.7. The van der Waals surface area contributed by atoms with Crippen LogP contribution in [0.2, 0.25) is 0 Å². The highest BCUT2D eigenvalue weighted by atomic mass is 19.1. The number of hydrogen-bond acceptors (Lipinski definition) is 4. The summed E-state index contributed by atoms with van der Waals surface area (Å²) in [6.07, 6.45) is 3.16. The smallest absolute Gasteiger partial charge is 0.410 e. The van der Waals surface area contributed by atoms with Gasteiger partial charge in [-0.05, 0) is 87.2 Å². The molecule has 2 aromatic carbocycles. The summed E-state index contributed by atoms with van der Waals surface area (Å²) in [5.41, 5.74) is 3.79. The van der Waals surface area contributed by atoms with E-state index >= 15 is 4.39 Å². The van der Waals surface area contributed by atoms with E-state index < -0.39 is 5.60 Å². The number of halogens is 2. The molecule has 0 bridgehead atoms. The maximum atomic E-state index is 15.1. The van der Waals surface area contributed by atoms with Crippen molar-refractivity contribution in [1.29, 1.82) is 0 Å². The van der Waals surface area contributed by atoms with Gasteiger partial charge in [0.05, 0.1) is 0 Å². The summed E-state index contributed by atoms with van der Waals surface area (Å²) >= 11 is 0. The van der Waals surface area contributed by atoms with Crippen LogP contribution in [0.3, 0.4) is 0 Å². The summed E-state index contributed by atoms with van der Waals surface area (Å²) in [4.78, 5) is 22.3. The summed E-state index contributed by atoms with van der Waals surface area (Å²) < 4.78 is 34.2. The van der Waals surface area contributed by atoms with Crippen LogP contribution < -0.4 is 5.32 Å². The van der Waals surface area contributed by atoms with Crippen molar-refractivity contribution in [1.82, 2.24) is 14.9 Å². The van der Waals surface area contributed by atoms with E-state index in [1.165, 1.54) is 18.2 Å². The third-order valence-corrected chi connectivity index (χ3v) is 6.71. The van der Waals surface area contributed by atoms with Gasteiger partial charge in [-0.15, -0.1) is 0 Å². The Labute approximate surface area is 221 Å². The Morgan fingerprint density at radius 2 is 1.97 bits per heavy atom. The average Bonchev–Trinajstić information content (AvgIpc) is 3.32. The molecular formula is C30H32F2N4O2. The number of carbonyl (C=O) groups is 1. The molecule has 0 radical (unpaired) electrons. The van der Waals surface area contributed by atoms with Gasteiger partial charge in [0.15, 0.2) is 0 Å². The number of rotatable bonds is 5. The maximum absolute atomic E-state index is 15.1. The summed E-state index contributed by atoms with van der Waals surface area (Å²) in [5, 5.41) is 4.07. The minimum atomic E-state index is -0.547. The van der Waals surface area contributed by atoms with Gasteiger partial charge in [0.1, 0.15) is 22.9 Å². The number of anilines is 1. The summed E-state index contributed by atoms with van der Waals surface area (Å²) in [6.45, 7) is 7.21. The fraction of sp³-hybridized carbons (Fsp3) is 0.333. The average molecular weight is 519 g/mol. The molecule has 4 aromatic rings. The fourth-order valence-corrected chi connectivity index (χ4v) is 4.92. The molecule has 1 aliphatic rings. The molecule has 0 aliphatic carbocycles. The number of nitrogens with zero attached hydrogens (tertiary/aromatic N) is 2. The highest BCUT2D eigenvalue weighted by molar-refractivity contribution is 5.94. The monoisotopic (exact) mass is 518 g/mol. The number of amides is 1. The lowest BCUT2D eigenvalue weighted by Crippen LogP contribution is -2.42. The normalized spacial score (nSPS) is 16.0. The van der Waals surface area contributed by atoms with Gasteiger partial charge in [-0.2, -0.15) is 0 Å². The Morgan fingerprint density at radius 3 is 2.76 bits per heavy atom. The van der Waals surface area contributed by atoms with Gasteiger partial charge in [-0.25, -0.2) is 18.6 Å². The lowest BCUT2D eigenvalue weighted by Gasteiger charge is -2.33. The van der Waals surface area contributed by atoms with E-state index in [0.717, 1.165) is 40.7 Å². The predicted molar refractivity (Wildman–Crippen MR) is 145 cm³/mol. The Morgan fingerprint density at radius 1 is 1.13 bits per heavy atom. The van der Waals surface area contributed by atoms with E-state index in [4.69, 9.17) is 4.74 Å². The Kier molecular flexibility index (Phi) is 7.06. The first-order valence-corrected chi connectivity index (χ1v) is 12.9. The van der Waals surface area contributed by atoms with Gasteiger partial charge in [0.2, 0.25) is 0 Å². The van der Waals surface area contributed by atoms with Crippen molar-refractivity contribution in [2.24, 2.45) is 0 Å². The van der Waals surface area contributed by atoms with Gasteiger partial charge in [-0.1, -0.05) is 12.1 Å². The van der Waals surface area contributed by atoms with Crippen LogP contribution in [0.25, 0.3) is 22.2 Å². The van der Waals surface area contributed by atoms with Crippen molar-refractivity contribution < 1.29 is 18.3 Å². The van der Waals surface area contributed by atoms with Crippen molar-refractivity contribution in [3.05, 3.63) is 83.7 Å². The third-order valence-electron chi connectivity index (χ3n) is 6.71. The van der Waals surface area contributed by atoms with E-state index in [2.05, 4.69) is 15.3 Å². The molecule has 1 saturated heterocycles. The molecule has 0 saturated carbocycles. The number of pyridine rings is 1. The largest absolute Gasteiger partial charge is 0.444 e. The van der Waals surface area contributed by atoms with Gasteiger partial charge >= 0.3 is 6.09 Å². The number of aromatic amines is 1. The van der Waals surface area contributed by atoms with Crippen LogP contribution in [-0.2, 0) is 11.3 Å². The minimum absolute atomic E-state index is 0.0995. The molecular weight excluding hydrogens is 486 g/mol. The highest BCUT2D eigenvalue weighted by Gasteiger charge is 2.29. The van der Waals surface area contributed by atoms with Crippen molar-refractivity contribution in [3.8, 4) is 11.1 Å². The van der Waals surface area contributed by atoms with E-state index in [0.29, 0.717) is 30.8 Å². The first-order chi connectivity index (χ1) is 18.2. The highest BCUT2D eigenvalue weighted by Crippen LogP contribution is 2.35. The summed E-state index contributed by atoms with van der Waals surface area (Å²) in [7, 11) is 0. The molecule has 2 aromatic heterocycles. The first-order valence-electron chi connectivity index (χ1n) is 12.9. The van der Waals surface area contributed by atoms with Crippen LogP contribution in [0.4, 0.5) is 19.3 Å². The lowest BCUT2D eigenvalue weighted by molar-refractivity contribution is 0.0197. The number of hydrogen-bond donors (Lipinski definition) is 2. The Balaban J connectivity index is 1.39. The zero-order valence-corrected chi connectivity index (χ0v) is 21.9. The second kappa shape index (κ2) is 10.4. The van der Waals surface area contributed by atoms with Crippen molar-refractivity contribution in [2.45, 2.75) is 51.7 Å². The number of nitrogens with one attached hydrogen (secondary N) is 2. The number of likely N-dealkylation sites (tertiary alicyclic amines) is 1. The Bertz CT molecular complexity index is 1460. The zero-order chi connectivity index (χ0) is 26.9. The standard InChI is InChI=1S/C30H32F2N4O2/c1-30(2,3)38-29(37)36-13-5-7-20(18-36)27-16-25-23(11-12-33-28(25)35-27)24-15-22(9-10-26(24)32)34-17-19-6-4-8-21(31)14-19/h4,6,8-12,14-16,20,34H,5,7,13,17-18H2,1-3H3,(H,33,35). The van der Waals surface area contributed by atoms with Gasteiger partial charge in [-0.3, -0.25) is 0 Å². The van der Waals surface area contributed by atoms with Gasteiger partial charge < -0.3 is 19.9 Å². The number of carbonyl (C=O) groups excluding carboxylic acids is 1. The predicted octanol–water partition coefficient (Wildman–Crippen LogP) is 7.23. The van der Waals surface area contributed by atoms with Gasteiger partial charge in [0.25, 0.3) is 0 Å². The van der Waals surface area contributed by atoms with Crippen LogP contribution in [0.15, 0.2) is 60.8 Å². The molecule has 2 N–H and O–H groups in total. The number of piperidine rings is 1. The summed E-state index contributed by atoms with van der Waals surface area (Å²) in [6, 6.07) is 15.1. The third kappa shape index (κ3) is 5.79. The van der Waals surface area contributed by atoms with E-state index in [-0.39, 0.29) is 23.6 Å². The number of H-pyrrole nitrogens is 1. The number of ether oxygens (including phenoxy) is 1. The topological polar surface area (TPSA) is 70.2 Å². The molecule has 198 valence electrons. The SMILES string of the molecule is CC(C)(C)OC(=O)N1CCCC(c2cc3c(-c4cc(NCc5cccc(F)c5)ccc4F)ccnc3[nH]2)C1. The molecule has 1 atom stereocenters. The molecule has 8 heteroatoms. The van der Waals surface area contributed by atoms with Crippen LogP contribution in [0.5, 0.6) is 0 Å². The van der Waals surface area contributed by atoms with E-state index in [1.54, 1.807) is 29.3 Å². The zero-order valence-electron chi connectivity index (χ0n) is 21.9. The molecule has 1 aliphatic heterocycles. The van der Waals surface area contributed by atoms with Gasteiger partial charge in [0, 0.05) is 54.1 Å². The molecule has 5 rings (SSSR count). The van der Waals surface area contributed by atoms with E-state index in [9.17, 15) is 9.18 Å². The van der Waals surface area contributed by atoms with Crippen LogP contribution in [0, 0.1) is 11.6 Å². The fourth-order valence-electron chi connectivity index (χ4n) is 4.92. The second-order valence-corrected chi connectivity index (χ2v) is 10.8.